The quantitative estimate of drug-likeness (QED) is 0.234. The van der Waals surface area contributed by atoms with Crippen molar-refractivity contribution >= 4 is 46.0 Å². The number of halogens is 1. The van der Waals surface area contributed by atoms with E-state index in [0.29, 0.717) is 11.4 Å². The summed E-state index contributed by atoms with van der Waals surface area (Å²) in [7, 11) is 0. The van der Waals surface area contributed by atoms with Gasteiger partial charge in [-0.3, -0.25) is 14.5 Å². The number of hydrogen-bond acceptors (Lipinski definition) is 3. The fourth-order valence-electron chi connectivity index (χ4n) is 6.25. The van der Waals surface area contributed by atoms with Crippen molar-refractivity contribution in [1.82, 2.24) is 15.2 Å². The van der Waals surface area contributed by atoms with Gasteiger partial charge in [0.05, 0.1) is 11.3 Å². The molecule has 4 amide bonds. The summed E-state index contributed by atoms with van der Waals surface area (Å²) in [6.07, 6.45) is 0.383. The van der Waals surface area contributed by atoms with Gasteiger partial charge in [-0.2, -0.15) is 0 Å². The summed E-state index contributed by atoms with van der Waals surface area (Å²) in [5.41, 5.74) is 6.31. The number of benzene rings is 4. The predicted molar refractivity (Wildman–Crippen MR) is 163 cm³/mol. The molecule has 5 aromatic rings. The van der Waals surface area contributed by atoms with Gasteiger partial charge in [-0.25, -0.2) is 9.69 Å². The molecule has 4 aromatic carbocycles. The first-order chi connectivity index (χ1) is 20.4. The molecule has 3 heterocycles. The smallest absolute Gasteiger partial charge is 0.332 e. The van der Waals surface area contributed by atoms with E-state index in [9.17, 15) is 14.4 Å². The average Bonchev–Trinajstić information content (AvgIpc) is 3.50. The first-order valence-corrected chi connectivity index (χ1v) is 14.2. The molecule has 8 heteroatoms. The molecule has 0 bridgehead atoms. The number of nitrogens with zero attached hydrogens (tertiary/aromatic N) is 2. The Morgan fingerprint density at radius 3 is 2.45 bits per heavy atom. The normalized spacial score (nSPS) is 17.9. The van der Waals surface area contributed by atoms with E-state index in [1.54, 1.807) is 41.3 Å². The number of imide groups is 1. The van der Waals surface area contributed by atoms with Crippen molar-refractivity contribution in [2.45, 2.75) is 32.0 Å². The minimum absolute atomic E-state index is 0.254. The van der Waals surface area contributed by atoms with E-state index in [4.69, 9.17) is 11.6 Å². The third-order valence-electron chi connectivity index (χ3n) is 8.29. The zero-order valence-electron chi connectivity index (χ0n) is 22.8. The monoisotopic (exact) mass is 574 g/mol. The van der Waals surface area contributed by atoms with Gasteiger partial charge >= 0.3 is 6.03 Å². The fourth-order valence-corrected chi connectivity index (χ4v) is 6.38. The average molecular weight is 575 g/mol. The third kappa shape index (κ3) is 4.16. The molecule has 7 nitrogen and oxygen atoms in total. The molecule has 2 aliphatic heterocycles. The lowest BCUT2D eigenvalue weighted by Gasteiger charge is -2.36. The molecule has 7 rings (SSSR count). The number of aromatic nitrogens is 1. The van der Waals surface area contributed by atoms with Crippen molar-refractivity contribution in [2.75, 3.05) is 4.90 Å². The number of nitrogens with one attached hydrogen (secondary N) is 2. The molecule has 0 saturated carbocycles. The number of carbonyl (C=O) groups is 3. The Labute approximate surface area is 247 Å². The molecule has 2 aliphatic rings. The number of amides is 4. The number of H-pyrrole nitrogens is 1. The van der Waals surface area contributed by atoms with E-state index in [1.807, 2.05) is 61.5 Å². The lowest BCUT2D eigenvalue weighted by Crippen LogP contribution is -2.44. The van der Waals surface area contributed by atoms with Crippen molar-refractivity contribution < 1.29 is 14.4 Å². The molecule has 0 radical (unpaired) electrons. The minimum Gasteiger partial charge on any atom is -0.356 e. The largest absolute Gasteiger partial charge is 0.356 e. The summed E-state index contributed by atoms with van der Waals surface area (Å²) in [5, 5.41) is 4.57. The number of urea groups is 1. The van der Waals surface area contributed by atoms with Crippen LogP contribution in [0.25, 0.3) is 10.9 Å². The van der Waals surface area contributed by atoms with Crippen molar-refractivity contribution in [1.29, 1.82) is 0 Å². The zero-order valence-corrected chi connectivity index (χ0v) is 23.6. The Bertz CT molecular complexity index is 1880. The number of fused-ring (bicyclic) bond motifs is 4. The molecule has 1 saturated heterocycles. The van der Waals surface area contributed by atoms with Gasteiger partial charge in [0.15, 0.2) is 0 Å². The second-order valence-electron chi connectivity index (χ2n) is 10.7. The van der Waals surface area contributed by atoms with Crippen LogP contribution in [0.1, 0.15) is 44.3 Å². The summed E-state index contributed by atoms with van der Waals surface area (Å²) in [6.45, 7) is 2.29. The molecular formula is C34H27ClN4O3. The van der Waals surface area contributed by atoms with Crippen molar-refractivity contribution in [3.63, 3.8) is 0 Å². The van der Waals surface area contributed by atoms with Crippen LogP contribution in [0.4, 0.5) is 10.5 Å². The van der Waals surface area contributed by atoms with Gasteiger partial charge in [0.25, 0.3) is 11.8 Å². The Balaban J connectivity index is 1.28. The van der Waals surface area contributed by atoms with Crippen LogP contribution in [-0.4, -0.2) is 33.8 Å². The topological polar surface area (TPSA) is 85.5 Å². The minimum atomic E-state index is -0.709. The van der Waals surface area contributed by atoms with E-state index in [0.717, 1.165) is 38.9 Å². The van der Waals surface area contributed by atoms with Crippen LogP contribution in [0.5, 0.6) is 0 Å². The van der Waals surface area contributed by atoms with E-state index in [-0.39, 0.29) is 29.6 Å². The Morgan fingerprint density at radius 2 is 1.64 bits per heavy atom. The molecule has 208 valence electrons. The van der Waals surface area contributed by atoms with Crippen molar-refractivity contribution in [3.05, 3.63) is 136 Å². The molecule has 0 spiro atoms. The van der Waals surface area contributed by atoms with Gasteiger partial charge in [-0.1, -0.05) is 78.3 Å². The van der Waals surface area contributed by atoms with Gasteiger partial charge in [0.2, 0.25) is 0 Å². The van der Waals surface area contributed by atoms with Gasteiger partial charge in [0, 0.05) is 34.6 Å². The number of carbonyl (C=O) groups excluding carboxylic acids is 3. The molecule has 2 N–H and O–H groups in total. The second-order valence-corrected chi connectivity index (χ2v) is 11.2. The Morgan fingerprint density at radius 1 is 0.929 bits per heavy atom. The Hall–Kier alpha value is -4.88. The summed E-state index contributed by atoms with van der Waals surface area (Å²) in [6, 6.07) is 28.3. The van der Waals surface area contributed by atoms with Crippen LogP contribution in [0.15, 0.2) is 97.1 Å². The summed E-state index contributed by atoms with van der Waals surface area (Å²) < 4.78 is 0. The maximum atomic E-state index is 14.3. The van der Waals surface area contributed by atoms with Gasteiger partial charge < -0.3 is 10.3 Å². The summed E-state index contributed by atoms with van der Waals surface area (Å²) in [5.74, 6) is -0.717. The number of rotatable bonds is 5. The first kappa shape index (κ1) is 26.0. The highest BCUT2D eigenvalue weighted by Crippen LogP contribution is 2.45. The van der Waals surface area contributed by atoms with Crippen LogP contribution >= 0.6 is 11.6 Å². The number of para-hydroxylation sites is 2. The standard InChI is InChI=1S/C34H27ClN4O3/c1-20-8-2-3-9-23(20)31-30-26(24-10-4-6-12-27(24)37-30)18-29-33(41)39(34(42)38(29)31)28-13-7-5-11-25(28)32(40)36-19-21-14-16-22(35)17-15-21/h2-17,29,31,37H,18-19H2,1H3,(H,36,40)/t29-,31?/m0/s1. The lowest BCUT2D eigenvalue weighted by atomic mass is 9.87. The lowest BCUT2D eigenvalue weighted by molar-refractivity contribution is -0.120. The third-order valence-corrected chi connectivity index (χ3v) is 8.54. The van der Waals surface area contributed by atoms with Crippen LogP contribution < -0.4 is 10.2 Å². The second kappa shape index (κ2) is 10.2. The molecule has 1 unspecified atom stereocenters. The molecule has 1 aromatic heterocycles. The van der Waals surface area contributed by atoms with Gasteiger partial charge in [-0.15, -0.1) is 0 Å². The molecular weight excluding hydrogens is 548 g/mol. The Kier molecular flexibility index (Phi) is 6.32. The van der Waals surface area contributed by atoms with Gasteiger partial charge in [-0.05, 0) is 59.5 Å². The van der Waals surface area contributed by atoms with E-state index in [1.165, 1.54) is 4.90 Å². The SMILES string of the molecule is Cc1ccccc1C1c2[nH]c3ccccc3c2C[C@H]2C(=O)N(c3ccccc3C(=O)NCc3ccc(Cl)cc3)C(=O)N12. The number of aryl methyl sites for hydroxylation is 1. The zero-order chi connectivity index (χ0) is 29.0. The molecule has 42 heavy (non-hydrogen) atoms. The van der Waals surface area contributed by atoms with Crippen LogP contribution in [0.2, 0.25) is 5.02 Å². The first-order valence-electron chi connectivity index (χ1n) is 13.9. The number of aromatic amines is 1. The van der Waals surface area contributed by atoms with Crippen molar-refractivity contribution in [3.8, 4) is 0 Å². The predicted octanol–water partition coefficient (Wildman–Crippen LogP) is 6.54. The highest BCUT2D eigenvalue weighted by atomic mass is 35.5. The number of anilines is 1. The van der Waals surface area contributed by atoms with Crippen molar-refractivity contribution in [2.24, 2.45) is 0 Å². The van der Waals surface area contributed by atoms with E-state index in [2.05, 4.69) is 16.4 Å². The maximum absolute atomic E-state index is 14.3. The van der Waals surface area contributed by atoms with Crippen LogP contribution in [0, 0.1) is 6.92 Å². The highest BCUT2D eigenvalue weighted by Gasteiger charge is 2.53. The van der Waals surface area contributed by atoms with Gasteiger partial charge in [0.1, 0.15) is 12.1 Å². The molecule has 0 aliphatic carbocycles. The van der Waals surface area contributed by atoms with E-state index < -0.39 is 18.1 Å². The highest BCUT2D eigenvalue weighted by molar-refractivity contribution is 6.30. The maximum Gasteiger partial charge on any atom is 0.332 e. The molecule has 2 atom stereocenters. The summed E-state index contributed by atoms with van der Waals surface area (Å²) in [4.78, 5) is 48.3. The number of hydrogen-bond donors (Lipinski definition) is 2. The van der Waals surface area contributed by atoms with E-state index >= 15 is 0 Å². The fraction of sp³-hybridized carbons (Fsp3) is 0.147. The molecule has 1 fully saturated rings. The van der Waals surface area contributed by atoms with Crippen LogP contribution in [-0.2, 0) is 17.8 Å². The summed E-state index contributed by atoms with van der Waals surface area (Å²) >= 11 is 5.99. The van der Waals surface area contributed by atoms with Crippen LogP contribution in [0.3, 0.4) is 0 Å².